The van der Waals surface area contributed by atoms with Gasteiger partial charge in [0.15, 0.2) is 0 Å². The first kappa shape index (κ1) is 8.74. The van der Waals surface area contributed by atoms with Gasteiger partial charge in [0.1, 0.15) is 0 Å². The van der Waals surface area contributed by atoms with E-state index in [0.717, 1.165) is 23.0 Å². The van der Waals surface area contributed by atoms with Gasteiger partial charge in [-0.25, -0.2) is 0 Å². The minimum Gasteiger partial charge on any atom is -0.328 e. The second kappa shape index (κ2) is 3.88. The van der Waals surface area contributed by atoms with E-state index in [1.165, 1.54) is 0 Å². The fraction of sp³-hybridized carbons (Fsp3) is 0.571. The minimum atomic E-state index is 0.255. The van der Waals surface area contributed by atoms with Crippen LogP contribution in [-0.2, 0) is 6.42 Å². The predicted molar refractivity (Wildman–Crippen MR) is 48.3 cm³/mol. The number of hydrogen-bond donors (Lipinski definition) is 2. The number of aromatic amines is 1. The van der Waals surface area contributed by atoms with Crippen LogP contribution in [0.15, 0.2) is 10.7 Å². The fourth-order valence-electron chi connectivity index (χ4n) is 0.846. The van der Waals surface area contributed by atoms with E-state index in [4.69, 9.17) is 5.73 Å². The lowest BCUT2D eigenvalue weighted by atomic mass is 10.1. The summed E-state index contributed by atoms with van der Waals surface area (Å²) in [7, 11) is 0. The Bertz CT molecular complexity index is 219. The van der Waals surface area contributed by atoms with E-state index in [9.17, 15) is 0 Å². The van der Waals surface area contributed by atoms with Crippen molar-refractivity contribution in [2.24, 2.45) is 5.73 Å². The van der Waals surface area contributed by atoms with E-state index in [1.54, 1.807) is 6.20 Å². The highest BCUT2D eigenvalue weighted by Gasteiger charge is 2.02. The van der Waals surface area contributed by atoms with Gasteiger partial charge in [0.2, 0.25) is 0 Å². The highest BCUT2D eigenvalue weighted by atomic mass is 79.9. The summed E-state index contributed by atoms with van der Waals surface area (Å²) in [5.41, 5.74) is 6.74. The average molecular weight is 218 g/mol. The van der Waals surface area contributed by atoms with E-state index in [-0.39, 0.29) is 6.04 Å². The van der Waals surface area contributed by atoms with Crippen molar-refractivity contribution in [1.29, 1.82) is 0 Å². The molecule has 1 aromatic rings. The number of rotatable bonds is 3. The molecular weight excluding hydrogens is 206 g/mol. The summed E-state index contributed by atoms with van der Waals surface area (Å²) in [6, 6.07) is 0.255. The molecule has 0 saturated carbocycles. The lowest BCUT2D eigenvalue weighted by Gasteiger charge is -2.02. The number of hydrogen-bond acceptors (Lipinski definition) is 2. The molecule has 0 fully saturated rings. The van der Waals surface area contributed by atoms with Crippen molar-refractivity contribution in [1.82, 2.24) is 10.2 Å². The Kier molecular flexibility index (Phi) is 3.08. The molecule has 0 amide bonds. The van der Waals surface area contributed by atoms with E-state index in [2.05, 4.69) is 26.1 Å². The van der Waals surface area contributed by atoms with Crippen molar-refractivity contribution in [2.75, 3.05) is 0 Å². The zero-order valence-corrected chi connectivity index (χ0v) is 8.06. The van der Waals surface area contributed by atoms with Gasteiger partial charge in [-0.1, -0.05) is 0 Å². The molecule has 1 atom stereocenters. The minimum absolute atomic E-state index is 0.255. The summed E-state index contributed by atoms with van der Waals surface area (Å²) >= 11 is 3.38. The van der Waals surface area contributed by atoms with E-state index >= 15 is 0 Å². The summed E-state index contributed by atoms with van der Waals surface area (Å²) in [5, 5.41) is 6.80. The van der Waals surface area contributed by atoms with Crippen LogP contribution >= 0.6 is 15.9 Å². The van der Waals surface area contributed by atoms with Gasteiger partial charge >= 0.3 is 0 Å². The van der Waals surface area contributed by atoms with Gasteiger partial charge in [0, 0.05) is 11.7 Å². The number of nitrogens with zero attached hydrogens (tertiary/aromatic N) is 1. The molecule has 0 radical (unpaired) electrons. The van der Waals surface area contributed by atoms with E-state index in [1.807, 2.05) is 6.92 Å². The lowest BCUT2D eigenvalue weighted by molar-refractivity contribution is 0.656. The number of H-pyrrole nitrogens is 1. The largest absolute Gasteiger partial charge is 0.328 e. The standard InChI is InChI=1S/C7H12BrN3/c1-5(9)2-3-7-6(8)4-10-11-7/h4-5H,2-3,9H2,1H3,(H,10,11)/t5-/m1/s1. The molecule has 0 aliphatic heterocycles. The summed E-state index contributed by atoms with van der Waals surface area (Å²) in [6.45, 7) is 2.00. The maximum absolute atomic E-state index is 5.61. The van der Waals surface area contributed by atoms with Crippen molar-refractivity contribution >= 4 is 15.9 Å². The summed E-state index contributed by atoms with van der Waals surface area (Å²) in [4.78, 5) is 0. The molecule has 62 valence electrons. The Morgan fingerprint density at radius 1 is 1.82 bits per heavy atom. The highest BCUT2D eigenvalue weighted by molar-refractivity contribution is 9.10. The van der Waals surface area contributed by atoms with Gasteiger partial charge in [-0.2, -0.15) is 5.10 Å². The molecule has 1 heterocycles. The molecule has 3 N–H and O–H groups in total. The van der Waals surface area contributed by atoms with Crippen LogP contribution < -0.4 is 5.73 Å². The van der Waals surface area contributed by atoms with Crippen LogP contribution in [0.4, 0.5) is 0 Å². The molecule has 0 aromatic carbocycles. The Hall–Kier alpha value is -0.350. The number of nitrogens with two attached hydrogens (primary N) is 1. The molecule has 0 spiro atoms. The second-order valence-corrected chi connectivity index (χ2v) is 3.57. The van der Waals surface area contributed by atoms with Gasteiger partial charge in [-0.15, -0.1) is 0 Å². The van der Waals surface area contributed by atoms with Gasteiger partial charge < -0.3 is 5.73 Å². The molecule has 1 rings (SSSR count). The SMILES string of the molecule is C[C@@H](N)CCc1[nH]ncc1Br. The van der Waals surface area contributed by atoms with Gasteiger partial charge in [0.25, 0.3) is 0 Å². The van der Waals surface area contributed by atoms with Crippen LogP contribution in [-0.4, -0.2) is 16.2 Å². The zero-order chi connectivity index (χ0) is 8.27. The number of aryl methyl sites for hydroxylation is 1. The third-order valence-electron chi connectivity index (χ3n) is 1.52. The van der Waals surface area contributed by atoms with Crippen molar-refractivity contribution < 1.29 is 0 Å². The quantitative estimate of drug-likeness (QED) is 0.806. The smallest absolute Gasteiger partial charge is 0.0632 e. The molecule has 0 aliphatic rings. The predicted octanol–water partition coefficient (Wildman–Crippen LogP) is 1.45. The molecule has 3 nitrogen and oxygen atoms in total. The Morgan fingerprint density at radius 3 is 3.00 bits per heavy atom. The first-order valence-electron chi connectivity index (χ1n) is 3.63. The van der Waals surface area contributed by atoms with Gasteiger partial charge in [0.05, 0.1) is 10.7 Å². The monoisotopic (exact) mass is 217 g/mol. The highest BCUT2D eigenvalue weighted by Crippen LogP contribution is 2.14. The third-order valence-corrected chi connectivity index (χ3v) is 2.20. The molecular formula is C7H12BrN3. The Morgan fingerprint density at radius 2 is 2.55 bits per heavy atom. The van der Waals surface area contributed by atoms with E-state index < -0.39 is 0 Å². The Labute approximate surface area is 74.5 Å². The van der Waals surface area contributed by atoms with Crippen LogP contribution in [0.3, 0.4) is 0 Å². The molecule has 0 aliphatic carbocycles. The van der Waals surface area contributed by atoms with Crippen LogP contribution in [0.2, 0.25) is 0 Å². The normalized spacial score (nSPS) is 13.4. The molecule has 11 heavy (non-hydrogen) atoms. The summed E-state index contributed by atoms with van der Waals surface area (Å²) in [5.74, 6) is 0. The molecule has 4 heteroatoms. The zero-order valence-electron chi connectivity index (χ0n) is 6.47. The maximum atomic E-state index is 5.61. The topological polar surface area (TPSA) is 54.7 Å². The average Bonchev–Trinajstić information content (AvgIpc) is 2.31. The first-order chi connectivity index (χ1) is 5.20. The van der Waals surface area contributed by atoms with Crippen LogP contribution in [0.1, 0.15) is 19.0 Å². The number of nitrogens with one attached hydrogen (secondary N) is 1. The lowest BCUT2D eigenvalue weighted by Crippen LogP contribution is -2.15. The summed E-state index contributed by atoms with van der Waals surface area (Å²) in [6.07, 6.45) is 3.70. The molecule has 1 aromatic heterocycles. The van der Waals surface area contributed by atoms with Crippen molar-refractivity contribution in [3.63, 3.8) is 0 Å². The number of aromatic nitrogens is 2. The van der Waals surface area contributed by atoms with Crippen molar-refractivity contribution in [3.8, 4) is 0 Å². The molecule has 0 bridgehead atoms. The molecule has 0 unspecified atom stereocenters. The Balaban J connectivity index is 2.44. The van der Waals surface area contributed by atoms with Crippen LogP contribution in [0.5, 0.6) is 0 Å². The third kappa shape index (κ3) is 2.63. The van der Waals surface area contributed by atoms with Gasteiger partial charge in [-0.3, -0.25) is 5.10 Å². The second-order valence-electron chi connectivity index (χ2n) is 2.71. The fourth-order valence-corrected chi connectivity index (χ4v) is 1.23. The van der Waals surface area contributed by atoms with Crippen LogP contribution in [0.25, 0.3) is 0 Å². The van der Waals surface area contributed by atoms with Crippen LogP contribution in [0, 0.1) is 0 Å². The molecule has 0 saturated heterocycles. The summed E-state index contributed by atoms with van der Waals surface area (Å²) < 4.78 is 1.04. The number of halogens is 1. The van der Waals surface area contributed by atoms with Gasteiger partial charge in [-0.05, 0) is 35.7 Å². The van der Waals surface area contributed by atoms with Crippen molar-refractivity contribution in [2.45, 2.75) is 25.8 Å². The first-order valence-corrected chi connectivity index (χ1v) is 4.42. The van der Waals surface area contributed by atoms with E-state index in [0.29, 0.717) is 0 Å². The maximum Gasteiger partial charge on any atom is 0.0632 e. The van der Waals surface area contributed by atoms with Crippen molar-refractivity contribution in [3.05, 3.63) is 16.4 Å².